The van der Waals surface area contributed by atoms with Gasteiger partial charge in [0.25, 0.3) is 0 Å². The molecule has 1 N–H and O–H groups in total. The van der Waals surface area contributed by atoms with Gasteiger partial charge in [0.05, 0.1) is 24.9 Å². The molecule has 0 saturated heterocycles. The third-order valence-electron chi connectivity index (χ3n) is 2.07. The monoisotopic (exact) mass is 227 g/mol. The van der Waals surface area contributed by atoms with E-state index < -0.39 is 17.4 Å². The first-order valence-electron chi connectivity index (χ1n) is 4.95. The van der Waals surface area contributed by atoms with Gasteiger partial charge >= 0.3 is 5.97 Å². The van der Waals surface area contributed by atoms with Crippen LogP contribution in [0.5, 0.6) is 0 Å². The van der Waals surface area contributed by atoms with E-state index in [-0.39, 0.29) is 18.7 Å². The third kappa shape index (κ3) is 3.27. The molecular weight excluding hydrogens is 213 g/mol. The number of pyridine rings is 1. The smallest absolute Gasteiger partial charge is 0.309 e. The summed E-state index contributed by atoms with van der Waals surface area (Å²) >= 11 is 0. The molecule has 0 bridgehead atoms. The van der Waals surface area contributed by atoms with Crippen LogP contribution in [0.1, 0.15) is 26.0 Å². The van der Waals surface area contributed by atoms with Crippen molar-refractivity contribution in [2.45, 2.75) is 25.9 Å². The van der Waals surface area contributed by atoms with Crippen LogP contribution in [0.4, 0.5) is 4.39 Å². The average molecular weight is 227 g/mol. The minimum Gasteiger partial charge on any atom is -0.466 e. The summed E-state index contributed by atoms with van der Waals surface area (Å²) in [5.41, 5.74) is -1.21. The predicted octanol–water partition coefficient (Wildman–Crippen LogP) is 1.38. The Morgan fingerprint density at radius 1 is 1.62 bits per heavy atom. The molecule has 0 aromatic carbocycles. The summed E-state index contributed by atoms with van der Waals surface area (Å²) in [5, 5.41) is 9.99. The number of carbonyl (C=O) groups excluding carboxylic acids is 1. The molecule has 0 aliphatic rings. The number of hydrogen-bond acceptors (Lipinski definition) is 4. The number of esters is 1. The highest BCUT2D eigenvalue weighted by atomic mass is 19.1. The summed E-state index contributed by atoms with van der Waals surface area (Å²) in [6, 6.07) is 2.52. The van der Waals surface area contributed by atoms with E-state index in [0.717, 1.165) is 6.20 Å². The summed E-state index contributed by atoms with van der Waals surface area (Å²) in [5.74, 6) is -1.01. The Kier molecular flexibility index (Phi) is 3.95. The zero-order valence-corrected chi connectivity index (χ0v) is 9.24. The maximum atomic E-state index is 12.6. The lowest BCUT2D eigenvalue weighted by Crippen LogP contribution is -2.27. The molecule has 1 atom stereocenters. The number of hydrogen-bond donors (Lipinski definition) is 1. The van der Waals surface area contributed by atoms with Crippen molar-refractivity contribution in [2.24, 2.45) is 0 Å². The highest BCUT2D eigenvalue weighted by Crippen LogP contribution is 2.22. The molecule has 88 valence electrons. The van der Waals surface area contributed by atoms with E-state index in [4.69, 9.17) is 4.74 Å². The second-order valence-electron chi connectivity index (χ2n) is 3.62. The summed E-state index contributed by atoms with van der Waals surface area (Å²) < 4.78 is 17.3. The van der Waals surface area contributed by atoms with Crippen LogP contribution in [-0.2, 0) is 15.1 Å². The van der Waals surface area contributed by atoms with Crippen LogP contribution < -0.4 is 0 Å². The van der Waals surface area contributed by atoms with E-state index in [1.807, 2.05) is 0 Å². The number of ether oxygens (including phenoxy) is 1. The van der Waals surface area contributed by atoms with Gasteiger partial charge in [-0.1, -0.05) is 0 Å². The first kappa shape index (κ1) is 12.6. The van der Waals surface area contributed by atoms with Gasteiger partial charge in [0, 0.05) is 0 Å². The van der Waals surface area contributed by atoms with Crippen molar-refractivity contribution in [3.63, 3.8) is 0 Å². The quantitative estimate of drug-likeness (QED) is 0.789. The minimum absolute atomic E-state index is 0.209. The maximum Gasteiger partial charge on any atom is 0.309 e. The Morgan fingerprint density at radius 3 is 2.81 bits per heavy atom. The molecule has 0 aliphatic heterocycles. The topological polar surface area (TPSA) is 59.4 Å². The molecule has 1 rings (SSSR count). The van der Waals surface area contributed by atoms with E-state index in [2.05, 4.69) is 4.98 Å². The van der Waals surface area contributed by atoms with Crippen molar-refractivity contribution in [3.05, 3.63) is 29.8 Å². The highest BCUT2D eigenvalue weighted by Gasteiger charge is 2.28. The van der Waals surface area contributed by atoms with E-state index in [1.165, 1.54) is 19.1 Å². The second kappa shape index (κ2) is 5.03. The first-order chi connectivity index (χ1) is 7.45. The number of carbonyl (C=O) groups is 1. The SMILES string of the molecule is CCOC(=O)CC(C)(O)c1ccc(F)cn1. The van der Waals surface area contributed by atoms with Gasteiger partial charge in [-0.25, -0.2) is 4.39 Å². The molecule has 0 fully saturated rings. The molecule has 0 aliphatic carbocycles. The lowest BCUT2D eigenvalue weighted by Gasteiger charge is -2.21. The lowest BCUT2D eigenvalue weighted by molar-refractivity contribution is -0.148. The van der Waals surface area contributed by atoms with Gasteiger partial charge in [0.2, 0.25) is 0 Å². The molecule has 0 spiro atoms. The molecule has 0 amide bonds. The van der Waals surface area contributed by atoms with Crippen molar-refractivity contribution < 1.29 is 19.0 Å². The Balaban J connectivity index is 2.76. The molecule has 1 unspecified atom stereocenters. The maximum absolute atomic E-state index is 12.6. The molecule has 1 aromatic heterocycles. The Morgan fingerprint density at radius 2 is 2.31 bits per heavy atom. The van der Waals surface area contributed by atoms with Gasteiger partial charge in [-0.05, 0) is 26.0 Å². The van der Waals surface area contributed by atoms with Crippen LogP contribution in [0.3, 0.4) is 0 Å². The zero-order chi connectivity index (χ0) is 12.2. The molecule has 0 radical (unpaired) electrons. The fourth-order valence-corrected chi connectivity index (χ4v) is 1.28. The number of nitrogens with zero attached hydrogens (tertiary/aromatic N) is 1. The second-order valence-corrected chi connectivity index (χ2v) is 3.62. The zero-order valence-electron chi connectivity index (χ0n) is 9.24. The number of aliphatic hydroxyl groups is 1. The van der Waals surface area contributed by atoms with Crippen LogP contribution in [-0.4, -0.2) is 22.7 Å². The molecular formula is C11H14FNO3. The van der Waals surface area contributed by atoms with Crippen LogP contribution in [0.25, 0.3) is 0 Å². The average Bonchev–Trinajstić information content (AvgIpc) is 2.17. The first-order valence-corrected chi connectivity index (χ1v) is 4.95. The third-order valence-corrected chi connectivity index (χ3v) is 2.07. The summed E-state index contributed by atoms with van der Waals surface area (Å²) in [6.45, 7) is 3.37. The Hall–Kier alpha value is -1.49. The van der Waals surface area contributed by atoms with E-state index in [9.17, 15) is 14.3 Å². The minimum atomic E-state index is -1.44. The number of rotatable bonds is 4. The van der Waals surface area contributed by atoms with Crippen LogP contribution in [0.15, 0.2) is 18.3 Å². The van der Waals surface area contributed by atoms with Gasteiger partial charge in [0.15, 0.2) is 0 Å². The normalized spacial score (nSPS) is 14.2. The van der Waals surface area contributed by atoms with Crippen molar-refractivity contribution >= 4 is 5.97 Å². The van der Waals surface area contributed by atoms with Gasteiger partial charge < -0.3 is 9.84 Å². The molecule has 0 saturated carbocycles. The summed E-state index contributed by atoms with van der Waals surface area (Å²) in [6.07, 6.45) is 0.786. The Bertz CT molecular complexity index is 362. The van der Waals surface area contributed by atoms with Crippen molar-refractivity contribution in [3.8, 4) is 0 Å². The predicted molar refractivity (Wildman–Crippen MR) is 55.0 cm³/mol. The standard InChI is InChI=1S/C11H14FNO3/c1-3-16-10(14)6-11(2,15)9-5-4-8(12)7-13-9/h4-5,7,15H,3,6H2,1-2H3. The molecule has 1 aromatic rings. The highest BCUT2D eigenvalue weighted by molar-refractivity contribution is 5.70. The van der Waals surface area contributed by atoms with Gasteiger partial charge in [-0.15, -0.1) is 0 Å². The van der Waals surface area contributed by atoms with E-state index in [1.54, 1.807) is 6.92 Å². The molecule has 4 nitrogen and oxygen atoms in total. The van der Waals surface area contributed by atoms with E-state index >= 15 is 0 Å². The summed E-state index contributed by atoms with van der Waals surface area (Å²) in [4.78, 5) is 14.9. The molecule has 5 heteroatoms. The van der Waals surface area contributed by atoms with Crippen molar-refractivity contribution in [1.82, 2.24) is 4.98 Å². The largest absolute Gasteiger partial charge is 0.466 e. The molecule has 16 heavy (non-hydrogen) atoms. The fraction of sp³-hybridized carbons (Fsp3) is 0.455. The van der Waals surface area contributed by atoms with Gasteiger partial charge in [-0.3, -0.25) is 9.78 Å². The number of aromatic nitrogens is 1. The lowest BCUT2D eigenvalue weighted by atomic mass is 9.97. The van der Waals surface area contributed by atoms with Crippen molar-refractivity contribution in [1.29, 1.82) is 0 Å². The van der Waals surface area contributed by atoms with Crippen LogP contribution in [0, 0.1) is 5.82 Å². The number of halogens is 1. The van der Waals surface area contributed by atoms with Crippen LogP contribution >= 0.6 is 0 Å². The van der Waals surface area contributed by atoms with Crippen molar-refractivity contribution in [2.75, 3.05) is 6.61 Å². The van der Waals surface area contributed by atoms with E-state index in [0.29, 0.717) is 0 Å². The molecule has 1 heterocycles. The Labute approximate surface area is 93.1 Å². The van der Waals surface area contributed by atoms with Crippen LogP contribution in [0.2, 0.25) is 0 Å². The summed E-state index contributed by atoms with van der Waals surface area (Å²) in [7, 11) is 0. The van der Waals surface area contributed by atoms with Gasteiger partial charge in [0.1, 0.15) is 11.4 Å². The van der Waals surface area contributed by atoms with Gasteiger partial charge in [-0.2, -0.15) is 0 Å². The fourth-order valence-electron chi connectivity index (χ4n) is 1.28.